The van der Waals surface area contributed by atoms with Crippen molar-refractivity contribution < 1.29 is 0 Å². The molecule has 1 saturated heterocycles. The van der Waals surface area contributed by atoms with Crippen LogP contribution in [-0.2, 0) is 0 Å². The molecule has 1 heteroatoms. The smallest absolute Gasteiger partial charge is 0.0476 e. The minimum atomic E-state index is 0.549. The molecule has 8 atom stereocenters. The average molecular weight is 223 g/mol. The molecule has 1 N–H and O–H groups in total. The van der Waals surface area contributed by atoms with E-state index in [-0.39, 0.29) is 0 Å². The van der Waals surface area contributed by atoms with Gasteiger partial charge in [-0.3, -0.25) is 0 Å². The molecule has 0 spiro atoms. The van der Waals surface area contributed by atoms with Gasteiger partial charge in [0.05, 0.1) is 0 Å². The summed E-state index contributed by atoms with van der Waals surface area (Å²) in [5.74, 6) is 5.28. The molecule has 17 heavy (non-hydrogen) atoms. The number of nitrogens with one attached hydrogen (secondary N) is 1. The Kier molecular flexibility index (Phi) is 1.02. The first-order valence-corrected chi connectivity index (χ1v) is 7.20. The lowest BCUT2D eigenvalue weighted by Gasteiger charge is -2.37. The highest BCUT2D eigenvalue weighted by molar-refractivity contribution is 5.53. The largest absolute Gasteiger partial charge is 0.301 e. The van der Waals surface area contributed by atoms with Crippen LogP contribution in [0.2, 0.25) is 0 Å². The zero-order chi connectivity index (χ0) is 10.8. The first kappa shape index (κ1) is 8.31. The van der Waals surface area contributed by atoms with Crippen LogP contribution >= 0.6 is 0 Å². The highest BCUT2D eigenvalue weighted by atomic mass is 15.4. The fraction of sp³-hybridized carbons (Fsp3) is 0.625. The summed E-state index contributed by atoms with van der Waals surface area (Å²) in [6.07, 6.45) is 17.6. The predicted octanol–water partition coefficient (Wildman–Crippen LogP) is 2.28. The second kappa shape index (κ2) is 2.09. The van der Waals surface area contributed by atoms with Gasteiger partial charge in [-0.15, -0.1) is 0 Å². The van der Waals surface area contributed by atoms with E-state index in [1.54, 1.807) is 0 Å². The van der Waals surface area contributed by atoms with Gasteiger partial charge in [-0.1, -0.05) is 36.5 Å². The summed E-state index contributed by atoms with van der Waals surface area (Å²) in [5, 5.41) is 4.04. The van der Waals surface area contributed by atoms with E-state index in [4.69, 9.17) is 0 Å². The summed E-state index contributed by atoms with van der Waals surface area (Å²) in [7, 11) is 0. The number of rotatable bonds is 0. The summed E-state index contributed by atoms with van der Waals surface area (Å²) in [6, 6.07) is 0. The first-order valence-electron chi connectivity index (χ1n) is 7.20. The average Bonchev–Trinajstić information content (AvgIpc) is 2.80. The standard InChI is InChI=1S/C16H17N/c1-2-4-12-11(3-1)13-8-14(12)16-10-6-5-9(7-10)15(13,16)17-16/h1-6,9-14,17H,7-8H2/t9-,10+,11-,12+,13-,14+,15-,16+. The number of piperidine rings is 2. The van der Waals surface area contributed by atoms with Crippen molar-refractivity contribution in [2.75, 3.05) is 0 Å². The summed E-state index contributed by atoms with van der Waals surface area (Å²) in [6.45, 7) is 0. The molecular formula is C16H17N. The van der Waals surface area contributed by atoms with Crippen molar-refractivity contribution in [3.63, 3.8) is 0 Å². The van der Waals surface area contributed by atoms with Crippen molar-refractivity contribution in [2.45, 2.75) is 23.9 Å². The van der Waals surface area contributed by atoms with Crippen LogP contribution in [0.15, 0.2) is 36.5 Å². The van der Waals surface area contributed by atoms with Crippen LogP contribution in [0.25, 0.3) is 0 Å². The molecule has 86 valence electrons. The molecule has 6 aliphatic rings. The second-order valence-electron chi connectivity index (χ2n) is 7.07. The van der Waals surface area contributed by atoms with Gasteiger partial charge in [-0.25, -0.2) is 0 Å². The maximum Gasteiger partial charge on any atom is 0.0476 e. The lowest BCUT2D eigenvalue weighted by Crippen LogP contribution is -2.43. The third-order valence-electron chi connectivity index (χ3n) is 7.12. The van der Waals surface area contributed by atoms with Crippen LogP contribution in [0.3, 0.4) is 0 Å². The van der Waals surface area contributed by atoms with Gasteiger partial charge in [-0.2, -0.15) is 0 Å². The minimum Gasteiger partial charge on any atom is -0.301 e. The van der Waals surface area contributed by atoms with Crippen molar-refractivity contribution in [3.05, 3.63) is 36.5 Å². The highest BCUT2D eigenvalue weighted by Gasteiger charge is 2.89. The number of allylic oxidation sites excluding steroid dienone is 4. The summed E-state index contributed by atoms with van der Waals surface area (Å²) in [4.78, 5) is 0. The predicted molar refractivity (Wildman–Crippen MR) is 66.2 cm³/mol. The lowest BCUT2D eigenvalue weighted by atomic mass is 9.64. The van der Waals surface area contributed by atoms with E-state index in [0.717, 1.165) is 35.5 Å². The Labute approximate surface area is 102 Å². The molecule has 0 aromatic rings. The van der Waals surface area contributed by atoms with E-state index in [2.05, 4.69) is 41.8 Å². The van der Waals surface area contributed by atoms with Crippen molar-refractivity contribution >= 4 is 0 Å². The molecule has 0 unspecified atom stereocenters. The summed E-state index contributed by atoms with van der Waals surface area (Å²) < 4.78 is 0. The topological polar surface area (TPSA) is 21.9 Å². The van der Waals surface area contributed by atoms with Gasteiger partial charge in [0, 0.05) is 11.1 Å². The maximum atomic E-state index is 4.04. The van der Waals surface area contributed by atoms with Crippen LogP contribution in [0.5, 0.6) is 0 Å². The fourth-order valence-corrected chi connectivity index (χ4v) is 6.85. The number of hydrogen-bond donors (Lipinski definition) is 1. The Morgan fingerprint density at radius 1 is 0.765 bits per heavy atom. The number of hydrogen-bond acceptors (Lipinski definition) is 1. The maximum absolute atomic E-state index is 4.04. The SMILES string of the molecule is C1=C[C@@H]2[C@H](C=C1)[C@@H]1C[C@H]2[C@@]23N[C@@]12[C@H]1C=C[C@@H]3C1. The van der Waals surface area contributed by atoms with Gasteiger partial charge in [0.25, 0.3) is 0 Å². The Bertz CT molecular complexity index is 486. The molecule has 0 aromatic carbocycles. The molecule has 4 fully saturated rings. The van der Waals surface area contributed by atoms with Crippen LogP contribution < -0.4 is 5.32 Å². The Morgan fingerprint density at radius 2 is 1.35 bits per heavy atom. The van der Waals surface area contributed by atoms with Crippen molar-refractivity contribution in [2.24, 2.45) is 35.5 Å². The molecule has 0 radical (unpaired) electrons. The lowest BCUT2D eigenvalue weighted by molar-refractivity contribution is 0.234. The van der Waals surface area contributed by atoms with Gasteiger partial charge in [0.1, 0.15) is 0 Å². The third-order valence-corrected chi connectivity index (χ3v) is 7.12. The van der Waals surface area contributed by atoms with E-state index < -0.39 is 0 Å². The monoisotopic (exact) mass is 223 g/mol. The van der Waals surface area contributed by atoms with E-state index in [1.807, 2.05) is 0 Å². The molecule has 0 aromatic heterocycles. The normalized spacial score (nSPS) is 70.6. The van der Waals surface area contributed by atoms with Gasteiger partial charge in [0.2, 0.25) is 0 Å². The van der Waals surface area contributed by atoms with E-state index in [0.29, 0.717) is 11.1 Å². The Morgan fingerprint density at radius 3 is 1.94 bits per heavy atom. The van der Waals surface area contributed by atoms with Crippen molar-refractivity contribution in [3.8, 4) is 0 Å². The van der Waals surface area contributed by atoms with Gasteiger partial charge in [-0.05, 0) is 48.3 Å². The summed E-state index contributed by atoms with van der Waals surface area (Å²) >= 11 is 0. The molecule has 1 nitrogen and oxygen atoms in total. The zero-order valence-electron chi connectivity index (χ0n) is 9.84. The van der Waals surface area contributed by atoms with Crippen LogP contribution in [-0.4, -0.2) is 11.1 Å². The first-order chi connectivity index (χ1) is 8.38. The quantitative estimate of drug-likeness (QED) is 0.494. The highest BCUT2D eigenvalue weighted by Crippen LogP contribution is 2.80. The summed E-state index contributed by atoms with van der Waals surface area (Å²) in [5.41, 5.74) is 1.10. The zero-order valence-corrected chi connectivity index (χ0v) is 9.84. The van der Waals surface area contributed by atoms with Crippen LogP contribution in [0.1, 0.15) is 12.8 Å². The molecular weight excluding hydrogens is 206 g/mol. The van der Waals surface area contributed by atoms with Crippen LogP contribution in [0, 0.1) is 35.5 Å². The van der Waals surface area contributed by atoms with Crippen molar-refractivity contribution in [1.82, 2.24) is 5.32 Å². The molecule has 1 heterocycles. The number of fused-ring (bicyclic) bond motifs is 7. The van der Waals surface area contributed by atoms with E-state index in [1.165, 1.54) is 12.8 Å². The Hall–Kier alpha value is -0.820. The third kappa shape index (κ3) is 0.567. The van der Waals surface area contributed by atoms with Gasteiger partial charge < -0.3 is 5.32 Å². The van der Waals surface area contributed by atoms with Gasteiger partial charge >= 0.3 is 0 Å². The van der Waals surface area contributed by atoms with Crippen LogP contribution in [0.4, 0.5) is 0 Å². The molecule has 4 bridgehead atoms. The van der Waals surface area contributed by atoms with Crippen molar-refractivity contribution in [1.29, 1.82) is 0 Å². The molecule has 5 aliphatic carbocycles. The minimum absolute atomic E-state index is 0.549. The molecule has 6 rings (SSSR count). The van der Waals surface area contributed by atoms with E-state index >= 15 is 0 Å². The van der Waals surface area contributed by atoms with E-state index in [9.17, 15) is 0 Å². The second-order valence-corrected chi connectivity index (χ2v) is 7.07. The molecule has 3 saturated carbocycles. The Balaban J connectivity index is 1.60. The molecule has 1 aliphatic heterocycles. The fourth-order valence-electron chi connectivity index (χ4n) is 6.85. The molecule has 0 amide bonds. The van der Waals surface area contributed by atoms with Gasteiger partial charge in [0.15, 0.2) is 0 Å².